The van der Waals surface area contributed by atoms with E-state index in [-0.39, 0.29) is 5.75 Å². The zero-order valence-corrected chi connectivity index (χ0v) is 15.5. The summed E-state index contributed by atoms with van der Waals surface area (Å²) in [4.78, 5) is 5.05. The molecule has 0 fully saturated rings. The van der Waals surface area contributed by atoms with E-state index in [1.54, 1.807) is 43.2 Å². The number of thiazole rings is 1. The summed E-state index contributed by atoms with van der Waals surface area (Å²) in [7, 11) is 4.89. The van der Waals surface area contributed by atoms with E-state index in [9.17, 15) is 5.11 Å². The molecule has 0 aliphatic carbocycles. The number of hydrogen-bond donors (Lipinski definition) is 1. The van der Waals surface area contributed by atoms with Crippen LogP contribution in [0.3, 0.4) is 0 Å². The summed E-state index contributed by atoms with van der Waals surface area (Å²) in [6.07, 6.45) is 1.70. The molecule has 0 spiro atoms. The maximum absolute atomic E-state index is 9.72. The highest BCUT2D eigenvalue weighted by atomic mass is 32.1. The topological polar surface area (TPSA) is 68.3 Å². The van der Waals surface area contributed by atoms with Gasteiger partial charge in [-0.1, -0.05) is 12.1 Å². The molecule has 1 aromatic heterocycles. The van der Waals surface area contributed by atoms with Crippen LogP contribution in [0.25, 0.3) is 11.3 Å². The number of benzene rings is 2. The Bertz CT molecular complexity index is 1010. The van der Waals surface area contributed by atoms with Gasteiger partial charge in [-0.15, -0.1) is 11.3 Å². The molecular weight excluding hydrogens is 350 g/mol. The highest BCUT2D eigenvalue weighted by Crippen LogP contribution is 2.30. The Balaban J connectivity index is 2.07. The Labute approximate surface area is 155 Å². The fourth-order valence-corrected chi connectivity index (χ4v) is 3.30. The number of ether oxygens (including phenoxy) is 2. The second kappa shape index (κ2) is 7.88. The Morgan fingerprint density at radius 3 is 2.58 bits per heavy atom. The van der Waals surface area contributed by atoms with E-state index in [1.165, 1.54) is 18.4 Å². The molecule has 7 heteroatoms. The number of phenolic OH excluding ortho intramolecular Hbond substituents is 1. The molecular formula is C19H19N3O3S. The maximum atomic E-state index is 9.72. The average molecular weight is 369 g/mol. The number of hydrogen-bond acceptors (Lipinski definition) is 6. The van der Waals surface area contributed by atoms with Crippen molar-refractivity contribution in [3.63, 3.8) is 0 Å². The number of phenols is 1. The van der Waals surface area contributed by atoms with Crippen LogP contribution in [0.4, 0.5) is 0 Å². The second-order valence-corrected chi connectivity index (χ2v) is 6.15. The number of aromatic nitrogens is 1. The molecule has 0 saturated carbocycles. The second-order valence-electron chi connectivity index (χ2n) is 5.32. The first kappa shape index (κ1) is 17.8. The predicted molar refractivity (Wildman–Crippen MR) is 103 cm³/mol. The van der Waals surface area contributed by atoms with Gasteiger partial charge in [0.1, 0.15) is 5.75 Å². The minimum absolute atomic E-state index is 0.0896. The molecule has 1 N–H and O–H groups in total. The monoisotopic (exact) mass is 369 g/mol. The normalized spacial score (nSPS) is 11.9. The predicted octanol–water partition coefficient (Wildman–Crippen LogP) is 3.35. The van der Waals surface area contributed by atoms with E-state index < -0.39 is 0 Å². The van der Waals surface area contributed by atoms with Crippen molar-refractivity contribution in [3.05, 3.63) is 58.2 Å². The fraction of sp³-hybridized carbons (Fsp3) is 0.158. The summed E-state index contributed by atoms with van der Waals surface area (Å²) >= 11 is 1.50. The van der Waals surface area contributed by atoms with Crippen molar-refractivity contribution >= 4 is 17.6 Å². The number of methoxy groups -OCH3 is 2. The molecule has 26 heavy (non-hydrogen) atoms. The Kier molecular flexibility index (Phi) is 5.38. The van der Waals surface area contributed by atoms with Crippen molar-refractivity contribution in [2.75, 3.05) is 21.3 Å². The molecule has 0 bridgehead atoms. The molecule has 0 aliphatic heterocycles. The molecule has 0 atom stereocenters. The van der Waals surface area contributed by atoms with Crippen LogP contribution in [0.15, 0.2) is 57.9 Å². The van der Waals surface area contributed by atoms with Crippen LogP contribution in [-0.2, 0) is 0 Å². The van der Waals surface area contributed by atoms with Crippen molar-refractivity contribution in [1.82, 2.24) is 4.68 Å². The minimum Gasteiger partial charge on any atom is -0.504 e. The Morgan fingerprint density at radius 1 is 1.08 bits per heavy atom. The van der Waals surface area contributed by atoms with E-state index >= 15 is 0 Å². The third kappa shape index (κ3) is 3.48. The van der Waals surface area contributed by atoms with Gasteiger partial charge < -0.3 is 14.6 Å². The number of aromatic hydroxyl groups is 1. The standard InChI is InChI=1S/C19H19N3O3S/c1-20-19-22(21-11-13-8-9-16(23)18(10-13)25-3)15(12-26-19)14-6-4-5-7-17(14)24-2/h4-12,23H,1-3H3. The highest BCUT2D eigenvalue weighted by Gasteiger charge is 2.11. The summed E-state index contributed by atoms with van der Waals surface area (Å²) in [6, 6.07) is 12.8. The zero-order chi connectivity index (χ0) is 18.5. The van der Waals surface area contributed by atoms with Crippen LogP contribution >= 0.6 is 11.3 Å². The van der Waals surface area contributed by atoms with Crippen molar-refractivity contribution in [2.45, 2.75) is 0 Å². The van der Waals surface area contributed by atoms with Gasteiger partial charge in [-0.25, -0.2) is 4.68 Å². The highest BCUT2D eigenvalue weighted by molar-refractivity contribution is 7.07. The average Bonchev–Trinajstić information content (AvgIpc) is 3.10. The number of rotatable bonds is 5. The lowest BCUT2D eigenvalue weighted by atomic mass is 10.1. The summed E-state index contributed by atoms with van der Waals surface area (Å²) < 4.78 is 12.4. The van der Waals surface area contributed by atoms with Crippen LogP contribution in [0, 0.1) is 0 Å². The summed E-state index contributed by atoms with van der Waals surface area (Å²) in [5.41, 5.74) is 2.61. The SMILES string of the molecule is CN=c1scc(-c2ccccc2OC)n1N=Cc1ccc(O)c(OC)c1. The third-order valence-corrected chi connectivity index (χ3v) is 4.69. The van der Waals surface area contributed by atoms with Crippen molar-refractivity contribution in [1.29, 1.82) is 0 Å². The van der Waals surface area contributed by atoms with Gasteiger partial charge in [-0.05, 0) is 35.9 Å². The van der Waals surface area contributed by atoms with Crippen LogP contribution in [0.5, 0.6) is 17.2 Å². The molecule has 134 valence electrons. The van der Waals surface area contributed by atoms with Gasteiger partial charge in [0.25, 0.3) is 0 Å². The van der Waals surface area contributed by atoms with Crippen LogP contribution in [0.1, 0.15) is 5.56 Å². The molecule has 0 aliphatic rings. The molecule has 0 radical (unpaired) electrons. The smallest absolute Gasteiger partial charge is 0.205 e. The molecule has 2 aromatic carbocycles. The van der Waals surface area contributed by atoms with Crippen LogP contribution in [0.2, 0.25) is 0 Å². The van der Waals surface area contributed by atoms with E-state index in [1.807, 2.05) is 29.6 Å². The molecule has 6 nitrogen and oxygen atoms in total. The first-order chi connectivity index (χ1) is 12.7. The lowest BCUT2D eigenvalue weighted by molar-refractivity contribution is 0.373. The fourth-order valence-electron chi connectivity index (χ4n) is 2.50. The zero-order valence-electron chi connectivity index (χ0n) is 14.7. The van der Waals surface area contributed by atoms with Gasteiger partial charge in [-0.2, -0.15) is 5.10 Å². The van der Waals surface area contributed by atoms with Gasteiger partial charge in [-0.3, -0.25) is 4.99 Å². The largest absolute Gasteiger partial charge is 0.504 e. The van der Waals surface area contributed by atoms with Crippen molar-refractivity contribution in [3.8, 4) is 28.5 Å². The van der Waals surface area contributed by atoms with Crippen molar-refractivity contribution in [2.24, 2.45) is 10.1 Å². The molecule has 3 rings (SSSR count). The van der Waals surface area contributed by atoms with Gasteiger partial charge in [0, 0.05) is 18.0 Å². The molecule has 0 amide bonds. The maximum Gasteiger partial charge on any atom is 0.205 e. The first-order valence-electron chi connectivity index (χ1n) is 7.86. The summed E-state index contributed by atoms with van der Waals surface area (Å²) in [6.45, 7) is 0. The lowest BCUT2D eigenvalue weighted by Gasteiger charge is -2.08. The summed E-state index contributed by atoms with van der Waals surface area (Å²) in [5.74, 6) is 1.25. The van der Waals surface area contributed by atoms with Gasteiger partial charge in [0.05, 0.1) is 26.1 Å². The van der Waals surface area contributed by atoms with E-state index in [0.29, 0.717) is 5.75 Å². The van der Waals surface area contributed by atoms with Gasteiger partial charge in [0.2, 0.25) is 4.80 Å². The number of nitrogens with zero attached hydrogens (tertiary/aromatic N) is 3. The molecule has 1 heterocycles. The number of para-hydroxylation sites is 1. The Hall–Kier alpha value is -3.06. The Morgan fingerprint density at radius 2 is 1.85 bits per heavy atom. The molecule has 0 saturated heterocycles. The molecule has 3 aromatic rings. The van der Waals surface area contributed by atoms with E-state index in [0.717, 1.165) is 27.4 Å². The minimum atomic E-state index is 0.0896. The molecule has 0 unspecified atom stereocenters. The third-order valence-electron chi connectivity index (χ3n) is 3.79. The van der Waals surface area contributed by atoms with Crippen LogP contribution in [-0.4, -0.2) is 37.3 Å². The quantitative estimate of drug-likeness (QED) is 0.701. The first-order valence-corrected chi connectivity index (χ1v) is 8.74. The van der Waals surface area contributed by atoms with E-state index in [2.05, 4.69) is 10.1 Å². The van der Waals surface area contributed by atoms with Crippen molar-refractivity contribution < 1.29 is 14.6 Å². The van der Waals surface area contributed by atoms with Gasteiger partial charge >= 0.3 is 0 Å². The lowest BCUT2D eigenvalue weighted by Crippen LogP contribution is -2.11. The summed E-state index contributed by atoms with van der Waals surface area (Å²) in [5, 5.41) is 16.3. The van der Waals surface area contributed by atoms with E-state index in [4.69, 9.17) is 9.47 Å². The van der Waals surface area contributed by atoms with Gasteiger partial charge in [0.15, 0.2) is 11.5 Å². The van der Waals surface area contributed by atoms with Crippen LogP contribution < -0.4 is 14.3 Å².